The molecular weight excluding hydrogens is 414 g/mol. The number of hydrogen-bond acceptors (Lipinski definition) is 6. The van der Waals surface area contributed by atoms with Crippen molar-refractivity contribution in [2.45, 2.75) is 24.8 Å². The predicted octanol–water partition coefficient (Wildman–Crippen LogP) is 3.85. The van der Waals surface area contributed by atoms with E-state index in [9.17, 15) is 13.2 Å². The number of halogens is 1. The molecule has 0 aliphatic carbocycles. The molecule has 0 fully saturated rings. The Morgan fingerprint density at radius 2 is 1.79 bits per heavy atom. The van der Waals surface area contributed by atoms with Crippen LogP contribution in [-0.4, -0.2) is 42.2 Å². The van der Waals surface area contributed by atoms with Gasteiger partial charge in [0.25, 0.3) is 5.91 Å². The van der Waals surface area contributed by atoms with Gasteiger partial charge in [0.1, 0.15) is 0 Å². The predicted molar refractivity (Wildman–Crippen MR) is 109 cm³/mol. The molecule has 3 aromatic rings. The fraction of sp³-hybridized carbons (Fsp3) is 0.250. The maximum absolute atomic E-state index is 13.1. The summed E-state index contributed by atoms with van der Waals surface area (Å²) < 4.78 is 29.8. The van der Waals surface area contributed by atoms with Gasteiger partial charge >= 0.3 is 0 Å². The number of rotatable bonds is 7. The van der Waals surface area contributed by atoms with E-state index in [-0.39, 0.29) is 28.8 Å². The molecule has 1 amide bonds. The molecule has 0 unspecified atom stereocenters. The number of benzene rings is 2. The van der Waals surface area contributed by atoms with Crippen LogP contribution in [0, 0.1) is 0 Å². The van der Waals surface area contributed by atoms with Crippen LogP contribution in [0.1, 0.15) is 29.6 Å². The van der Waals surface area contributed by atoms with E-state index in [1.54, 1.807) is 36.4 Å². The van der Waals surface area contributed by atoms with E-state index >= 15 is 0 Å². The van der Waals surface area contributed by atoms with Crippen molar-refractivity contribution in [3.8, 4) is 11.5 Å². The lowest BCUT2D eigenvalue weighted by atomic mass is 10.2. The van der Waals surface area contributed by atoms with Gasteiger partial charge in [0.2, 0.25) is 11.8 Å². The maximum atomic E-state index is 13.1. The fourth-order valence-corrected chi connectivity index (χ4v) is 3.98. The minimum atomic E-state index is -3.55. The third kappa shape index (κ3) is 4.83. The molecule has 9 heteroatoms. The molecule has 7 nitrogen and oxygen atoms in total. The monoisotopic (exact) mass is 433 g/mol. The SMILES string of the molecule is CCCN(Cc1nnc(-c2ccccc2Cl)o1)C(=O)c1ccccc1S(C)(=O)=O. The molecule has 0 aliphatic heterocycles. The Kier molecular flexibility index (Phi) is 6.34. The molecule has 2 aromatic carbocycles. The molecule has 0 saturated heterocycles. The molecule has 3 rings (SSSR count). The summed E-state index contributed by atoms with van der Waals surface area (Å²) in [5.41, 5.74) is 0.720. The first-order valence-electron chi connectivity index (χ1n) is 8.97. The molecule has 0 saturated carbocycles. The lowest BCUT2D eigenvalue weighted by Gasteiger charge is -2.21. The Hall–Kier alpha value is -2.71. The zero-order valence-electron chi connectivity index (χ0n) is 16.0. The second-order valence-electron chi connectivity index (χ2n) is 6.48. The van der Waals surface area contributed by atoms with E-state index in [0.29, 0.717) is 23.6 Å². The van der Waals surface area contributed by atoms with Gasteiger partial charge in [0.15, 0.2) is 9.84 Å². The van der Waals surface area contributed by atoms with Crippen molar-refractivity contribution in [1.82, 2.24) is 15.1 Å². The lowest BCUT2D eigenvalue weighted by Crippen LogP contribution is -2.32. The largest absolute Gasteiger partial charge is 0.419 e. The van der Waals surface area contributed by atoms with Crippen LogP contribution in [0.5, 0.6) is 0 Å². The average Bonchev–Trinajstić information content (AvgIpc) is 3.15. The van der Waals surface area contributed by atoms with Crippen molar-refractivity contribution in [2.24, 2.45) is 0 Å². The Balaban J connectivity index is 1.89. The summed E-state index contributed by atoms with van der Waals surface area (Å²) in [4.78, 5) is 14.6. The lowest BCUT2D eigenvalue weighted by molar-refractivity contribution is 0.0724. The molecule has 0 aliphatic rings. The van der Waals surface area contributed by atoms with Crippen molar-refractivity contribution < 1.29 is 17.6 Å². The second-order valence-corrected chi connectivity index (χ2v) is 8.87. The van der Waals surface area contributed by atoms with E-state index in [1.807, 2.05) is 6.92 Å². The van der Waals surface area contributed by atoms with Gasteiger partial charge in [-0.1, -0.05) is 42.8 Å². The highest BCUT2D eigenvalue weighted by molar-refractivity contribution is 7.90. The van der Waals surface area contributed by atoms with Crippen LogP contribution >= 0.6 is 11.6 Å². The minimum absolute atomic E-state index is 0.00612. The summed E-state index contributed by atoms with van der Waals surface area (Å²) in [5, 5.41) is 8.51. The average molecular weight is 434 g/mol. The summed E-state index contributed by atoms with van der Waals surface area (Å²) in [5.74, 6) is 0.0787. The van der Waals surface area contributed by atoms with Crippen molar-refractivity contribution in [1.29, 1.82) is 0 Å². The number of carbonyl (C=O) groups is 1. The van der Waals surface area contributed by atoms with E-state index in [2.05, 4.69) is 10.2 Å². The van der Waals surface area contributed by atoms with Gasteiger partial charge < -0.3 is 9.32 Å². The van der Waals surface area contributed by atoms with Crippen LogP contribution in [0.25, 0.3) is 11.5 Å². The molecule has 29 heavy (non-hydrogen) atoms. The highest BCUT2D eigenvalue weighted by Crippen LogP contribution is 2.27. The molecule has 0 spiro atoms. The first kappa shape index (κ1) is 21.0. The van der Waals surface area contributed by atoms with Gasteiger partial charge in [-0.25, -0.2) is 8.42 Å². The zero-order chi connectivity index (χ0) is 21.0. The van der Waals surface area contributed by atoms with Crippen molar-refractivity contribution in [2.75, 3.05) is 12.8 Å². The van der Waals surface area contributed by atoms with E-state index in [0.717, 1.165) is 6.26 Å². The third-order valence-electron chi connectivity index (χ3n) is 4.19. The molecule has 1 aromatic heterocycles. The van der Waals surface area contributed by atoms with Crippen molar-refractivity contribution in [3.63, 3.8) is 0 Å². The number of amides is 1. The van der Waals surface area contributed by atoms with Crippen LogP contribution in [0.15, 0.2) is 57.8 Å². The topological polar surface area (TPSA) is 93.4 Å². The minimum Gasteiger partial charge on any atom is -0.419 e. The van der Waals surface area contributed by atoms with Crippen LogP contribution < -0.4 is 0 Å². The first-order valence-corrected chi connectivity index (χ1v) is 11.2. The van der Waals surface area contributed by atoms with Gasteiger partial charge in [0, 0.05) is 12.8 Å². The Morgan fingerprint density at radius 1 is 1.10 bits per heavy atom. The second kappa shape index (κ2) is 8.75. The number of nitrogens with zero attached hydrogens (tertiary/aromatic N) is 3. The standard InChI is InChI=1S/C20H20ClN3O4S/c1-3-12-24(20(25)15-9-5-7-11-17(15)29(2,26)27)13-18-22-23-19(28-18)14-8-4-6-10-16(14)21/h4-11H,3,12-13H2,1-2H3. The molecule has 0 atom stereocenters. The Morgan fingerprint density at radius 3 is 2.48 bits per heavy atom. The highest BCUT2D eigenvalue weighted by atomic mass is 35.5. The molecule has 0 N–H and O–H groups in total. The first-order chi connectivity index (χ1) is 13.8. The van der Waals surface area contributed by atoms with E-state index in [4.69, 9.17) is 16.0 Å². The molecular formula is C20H20ClN3O4S. The maximum Gasteiger partial charge on any atom is 0.255 e. The molecule has 0 bridgehead atoms. The van der Waals surface area contributed by atoms with Gasteiger partial charge in [0.05, 0.1) is 27.6 Å². The summed E-state index contributed by atoms with van der Waals surface area (Å²) in [6, 6.07) is 13.2. The number of carbonyl (C=O) groups excluding carboxylic acids is 1. The molecule has 152 valence electrons. The van der Waals surface area contributed by atoms with E-state index < -0.39 is 15.7 Å². The number of sulfone groups is 1. The van der Waals surface area contributed by atoms with Gasteiger partial charge in [-0.2, -0.15) is 0 Å². The smallest absolute Gasteiger partial charge is 0.255 e. The summed E-state index contributed by atoms with van der Waals surface area (Å²) in [6.45, 7) is 2.38. The van der Waals surface area contributed by atoms with Gasteiger partial charge in [-0.05, 0) is 30.7 Å². The third-order valence-corrected chi connectivity index (χ3v) is 5.68. The van der Waals surface area contributed by atoms with Crippen LogP contribution in [-0.2, 0) is 16.4 Å². The molecule has 0 radical (unpaired) electrons. The summed E-state index contributed by atoms with van der Waals surface area (Å²) in [7, 11) is -3.55. The van der Waals surface area contributed by atoms with E-state index in [1.165, 1.54) is 17.0 Å². The Labute approximate surface area is 174 Å². The van der Waals surface area contributed by atoms with Crippen molar-refractivity contribution in [3.05, 3.63) is 65.0 Å². The number of hydrogen-bond donors (Lipinski definition) is 0. The van der Waals surface area contributed by atoms with Gasteiger partial charge in [-0.15, -0.1) is 10.2 Å². The quantitative estimate of drug-likeness (QED) is 0.561. The normalized spacial score (nSPS) is 11.4. The highest BCUT2D eigenvalue weighted by Gasteiger charge is 2.24. The fourth-order valence-electron chi connectivity index (χ4n) is 2.88. The van der Waals surface area contributed by atoms with Crippen LogP contribution in [0.2, 0.25) is 5.02 Å². The molecule has 1 heterocycles. The van der Waals surface area contributed by atoms with Crippen LogP contribution in [0.3, 0.4) is 0 Å². The number of aromatic nitrogens is 2. The van der Waals surface area contributed by atoms with Crippen molar-refractivity contribution >= 4 is 27.3 Å². The Bertz CT molecular complexity index is 1130. The van der Waals surface area contributed by atoms with Crippen LogP contribution in [0.4, 0.5) is 0 Å². The summed E-state index contributed by atoms with van der Waals surface area (Å²) >= 11 is 6.16. The van der Waals surface area contributed by atoms with Gasteiger partial charge in [-0.3, -0.25) is 4.79 Å². The zero-order valence-corrected chi connectivity index (χ0v) is 17.6. The summed E-state index contributed by atoms with van der Waals surface area (Å²) in [6.07, 6.45) is 1.76.